The Morgan fingerprint density at radius 2 is 1.30 bits per heavy atom. The van der Waals surface area contributed by atoms with E-state index in [2.05, 4.69) is 6.58 Å². The molecule has 0 bridgehead atoms. The molecule has 1 aromatic heterocycles. The van der Waals surface area contributed by atoms with Crippen molar-refractivity contribution in [2.45, 2.75) is 46.3 Å². The molecule has 0 amide bonds. The number of carbonyl (C=O) groups excluding carboxylic acids is 4. The van der Waals surface area contributed by atoms with Crippen molar-refractivity contribution < 1.29 is 28.7 Å². The summed E-state index contributed by atoms with van der Waals surface area (Å²) in [5.41, 5.74) is -3.31. The first kappa shape index (κ1) is 24.5. The third-order valence-corrected chi connectivity index (χ3v) is 3.91. The summed E-state index contributed by atoms with van der Waals surface area (Å²) in [5, 5.41) is 0. The molecule has 0 N–H and O–H groups in total. The molecule has 0 aliphatic carbocycles. The van der Waals surface area contributed by atoms with E-state index < -0.39 is 53.7 Å². The van der Waals surface area contributed by atoms with Crippen LogP contribution < -0.4 is 17.1 Å². The molecule has 0 unspecified atom stereocenters. The Labute approximate surface area is 170 Å². The zero-order valence-corrected chi connectivity index (χ0v) is 16.8. The molecule has 0 aliphatic heterocycles. The zero-order valence-electron chi connectivity index (χ0n) is 16.8. The van der Waals surface area contributed by atoms with Crippen molar-refractivity contribution in [3.8, 4) is 0 Å². The maximum atomic E-state index is 12.6. The molecular weight excluding hydrogens is 402 g/mol. The molecule has 12 heteroatoms. The van der Waals surface area contributed by atoms with Gasteiger partial charge in [0, 0.05) is 18.9 Å². The van der Waals surface area contributed by atoms with Crippen molar-refractivity contribution in [3.63, 3.8) is 0 Å². The third-order valence-electron chi connectivity index (χ3n) is 3.91. The first-order chi connectivity index (χ1) is 14.2. The van der Waals surface area contributed by atoms with Crippen LogP contribution in [0.5, 0.6) is 0 Å². The van der Waals surface area contributed by atoms with Crippen molar-refractivity contribution in [2.75, 3.05) is 13.2 Å². The highest BCUT2D eigenvalue weighted by molar-refractivity contribution is 6.36. The van der Waals surface area contributed by atoms with Crippen LogP contribution in [0.15, 0.2) is 27.0 Å². The maximum absolute atomic E-state index is 12.6. The summed E-state index contributed by atoms with van der Waals surface area (Å²) in [7, 11) is 0. The summed E-state index contributed by atoms with van der Waals surface area (Å²) in [6.45, 7) is 3.85. The van der Waals surface area contributed by atoms with Crippen LogP contribution in [-0.4, -0.2) is 50.4 Å². The molecule has 0 spiro atoms. The number of nitrogens with zero attached hydrogens (tertiary/aromatic N) is 3. The number of hydrogen-bond donors (Lipinski definition) is 0. The Balaban J connectivity index is 3.36. The van der Waals surface area contributed by atoms with Gasteiger partial charge in [-0.15, -0.1) is 0 Å². The fraction of sp³-hybridized carbons (Fsp3) is 0.500. The van der Waals surface area contributed by atoms with E-state index in [1.807, 2.05) is 0 Å². The number of ether oxygens (including phenoxy) is 2. The lowest BCUT2D eigenvalue weighted by atomic mass is 10.2. The SMILES string of the molecule is C=CC(=O)OCCn1c(=O)n(CCOC(=O)CC)c(=O)n(CC(=O)C(=O)CC)c1=O. The maximum Gasteiger partial charge on any atom is 0.336 e. The fourth-order valence-electron chi connectivity index (χ4n) is 2.28. The Hall–Kier alpha value is -3.57. The van der Waals surface area contributed by atoms with E-state index in [1.165, 1.54) is 6.92 Å². The van der Waals surface area contributed by atoms with Gasteiger partial charge in [-0.25, -0.2) is 32.9 Å². The van der Waals surface area contributed by atoms with Crippen LogP contribution in [0.25, 0.3) is 0 Å². The molecule has 164 valence electrons. The van der Waals surface area contributed by atoms with E-state index in [9.17, 15) is 33.6 Å². The van der Waals surface area contributed by atoms with Gasteiger partial charge in [-0.05, 0) is 0 Å². The molecular formula is C18H23N3O9. The molecule has 0 saturated carbocycles. The van der Waals surface area contributed by atoms with Crippen molar-refractivity contribution in [3.05, 3.63) is 44.1 Å². The first-order valence-electron chi connectivity index (χ1n) is 9.13. The minimum absolute atomic E-state index is 0.0843. The molecule has 0 atom stereocenters. The van der Waals surface area contributed by atoms with Crippen LogP contribution in [0.4, 0.5) is 0 Å². The Morgan fingerprint density at radius 1 is 0.800 bits per heavy atom. The van der Waals surface area contributed by atoms with Crippen LogP contribution >= 0.6 is 0 Å². The Morgan fingerprint density at radius 3 is 1.77 bits per heavy atom. The molecule has 1 heterocycles. The molecule has 1 aromatic rings. The quantitative estimate of drug-likeness (QED) is 0.219. The minimum atomic E-state index is -1.14. The van der Waals surface area contributed by atoms with Gasteiger partial charge < -0.3 is 9.47 Å². The van der Waals surface area contributed by atoms with E-state index in [1.54, 1.807) is 6.92 Å². The van der Waals surface area contributed by atoms with Gasteiger partial charge in [0.25, 0.3) is 0 Å². The number of rotatable bonds is 12. The van der Waals surface area contributed by atoms with Crippen LogP contribution in [-0.2, 0) is 48.3 Å². The van der Waals surface area contributed by atoms with Gasteiger partial charge in [0.2, 0.25) is 5.78 Å². The van der Waals surface area contributed by atoms with Gasteiger partial charge in [0.05, 0.1) is 19.6 Å². The minimum Gasteiger partial charge on any atom is -0.464 e. The second-order valence-electron chi connectivity index (χ2n) is 5.88. The van der Waals surface area contributed by atoms with Crippen molar-refractivity contribution in [2.24, 2.45) is 0 Å². The van der Waals surface area contributed by atoms with Crippen LogP contribution in [0, 0.1) is 0 Å². The largest absolute Gasteiger partial charge is 0.464 e. The molecule has 1 rings (SSSR count). The highest BCUT2D eigenvalue weighted by Gasteiger charge is 2.20. The molecule has 0 saturated heterocycles. The summed E-state index contributed by atoms with van der Waals surface area (Å²) in [5.74, 6) is -3.12. The predicted octanol–water partition coefficient (Wildman–Crippen LogP) is -1.60. The smallest absolute Gasteiger partial charge is 0.336 e. The van der Waals surface area contributed by atoms with E-state index in [0.29, 0.717) is 13.7 Å². The highest BCUT2D eigenvalue weighted by Crippen LogP contribution is 1.89. The van der Waals surface area contributed by atoms with Gasteiger partial charge in [-0.3, -0.25) is 14.4 Å². The van der Waals surface area contributed by atoms with Crippen molar-refractivity contribution >= 4 is 23.5 Å². The normalized spacial score (nSPS) is 10.3. The van der Waals surface area contributed by atoms with E-state index in [0.717, 1.165) is 6.08 Å². The average Bonchev–Trinajstić information content (AvgIpc) is 2.74. The molecule has 0 fully saturated rings. The van der Waals surface area contributed by atoms with Crippen molar-refractivity contribution in [1.29, 1.82) is 0 Å². The first-order valence-corrected chi connectivity index (χ1v) is 9.13. The third kappa shape index (κ3) is 6.22. The van der Waals surface area contributed by atoms with E-state index in [-0.39, 0.29) is 32.6 Å². The molecule has 0 radical (unpaired) electrons. The lowest BCUT2D eigenvalue weighted by Gasteiger charge is -2.13. The summed E-state index contributed by atoms with van der Waals surface area (Å²) in [4.78, 5) is 83.7. The van der Waals surface area contributed by atoms with Crippen LogP contribution in [0.3, 0.4) is 0 Å². The van der Waals surface area contributed by atoms with Gasteiger partial charge in [0.1, 0.15) is 13.2 Å². The summed E-state index contributed by atoms with van der Waals surface area (Å²) in [6.07, 6.45) is 0.853. The number of hydrogen-bond acceptors (Lipinski definition) is 9. The van der Waals surface area contributed by atoms with Crippen LogP contribution in [0.2, 0.25) is 0 Å². The average molecular weight is 425 g/mol. The van der Waals surface area contributed by atoms with Crippen molar-refractivity contribution in [1.82, 2.24) is 13.7 Å². The summed E-state index contributed by atoms with van der Waals surface area (Å²) < 4.78 is 11.2. The fourth-order valence-corrected chi connectivity index (χ4v) is 2.28. The monoisotopic (exact) mass is 425 g/mol. The molecule has 30 heavy (non-hydrogen) atoms. The second kappa shape index (κ2) is 11.4. The summed E-state index contributed by atoms with van der Waals surface area (Å²) in [6, 6.07) is 0. The van der Waals surface area contributed by atoms with E-state index >= 15 is 0 Å². The summed E-state index contributed by atoms with van der Waals surface area (Å²) >= 11 is 0. The number of esters is 2. The van der Waals surface area contributed by atoms with Gasteiger partial charge in [-0.1, -0.05) is 20.4 Å². The van der Waals surface area contributed by atoms with Gasteiger partial charge in [-0.2, -0.15) is 0 Å². The number of aromatic nitrogens is 3. The number of carbonyl (C=O) groups is 4. The van der Waals surface area contributed by atoms with Gasteiger partial charge >= 0.3 is 29.0 Å². The topological polar surface area (TPSA) is 153 Å². The second-order valence-corrected chi connectivity index (χ2v) is 5.88. The molecule has 0 aliphatic rings. The highest BCUT2D eigenvalue weighted by atomic mass is 16.5. The van der Waals surface area contributed by atoms with E-state index in [4.69, 9.17) is 9.47 Å². The Bertz CT molecular complexity index is 1010. The van der Waals surface area contributed by atoms with Crippen LogP contribution in [0.1, 0.15) is 26.7 Å². The standard InChI is InChI=1S/C18H23N3O9/c1-4-12(22)13(23)11-21-17(27)19(7-9-29-14(24)5-2)16(26)20(18(21)28)8-10-30-15(25)6-3/h5H,2,4,6-11H2,1,3H3. The number of Topliss-reactive ketones (excluding diaryl/α,β-unsaturated/α-hetero) is 2. The lowest BCUT2D eigenvalue weighted by Crippen LogP contribution is -2.56. The Kier molecular flexibility index (Phi) is 9.33. The molecule has 12 nitrogen and oxygen atoms in total. The molecule has 0 aromatic carbocycles. The number of ketones is 2. The predicted molar refractivity (Wildman–Crippen MR) is 102 cm³/mol. The van der Waals surface area contributed by atoms with Gasteiger partial charge in [0.15, 0.2) is 5.78 Å². The lowest BCUT2D eigenvalue weighted by molar-refractivity contribution is -0.143. The zero-order chi connectivity index (χ0) is 22.8.